The second kappa shape index (κ2) is 9.73. The fourth-order valence-corrected chi connectivity index (χ4v) is 4.28. The number of nitrogens with one attached hydrogen (secondary N) is 2. The number of benzene rings is 1. The Morgan fingerprint density at radius 2 is 2.03 bits per heavy atom. The lowest BCUT2D eigenvalue weighted by Crippen LogP contribution is -2.51. The van der Waals surface area contributed by atoms with Gasteiger partial charge >= 0.3 is 0 Å². The van der Waals surface area contributed by atoms with Gasteiger partial charge in [0.2, 0.25) is 0 Å². The summed E-state index contributed by atoms with van der Waals surface area (Å²) in [5.74, 6) is 0.989. The fourth-order valence-electron chi connectivity index (χ4n) is 4.28. The standard InChI is InChI=1S/C22H28FN5.HI/c1-24-21(26-16-22(11-6-12-22)17-7-3-2-4-8-17)27-18-10-14-28(15-18)20-19(23)9-5-13-25-20;/h2-5,7-9,13,18H,6,10-12,14-16H2,1H3,(H2,24,26,27);1H. The Kier molecular flexibility index (Phi) is 7.32. The van der Waals surface area contributed by atoms with Gasteiger partial charge in [0.05, 0.1) is 0 Å². The van der Waals surface area contributed by atoms with E-state index >= 15 is 0 Å². The lowest BCUT2D eigenvalue weighted by molar-refractivity contribution is 0.243. The lowest BCUT2D eigenvalue weighted by atomic mass is 9.64. The van der Waals surface area contributed by atoms with Crippen LogP contribution in [0.2, 0.25) is 0 Å². The van der Waals surface area contributed by atoms with Gasteiger partial charge in [-0.15, -0.1) is 24.0 Å². The van der Waals surface area contributed by atoms with Gasteiger partial charge in [-0.05, 0) is 37.0 Å². The van der Waals surface area contributed by atoms with Crippen molar-refractivity contribution in [2.45, 2.75) is 37.1 Å². The number of anilines is 1. The average molecular weight is 509 g/mol. The molecule has 7 heteroatoms. The summed E-state index contributed by atoms with van der Waals surface area (Å²) in [7, 11) is 1.80. The second-order valence-electron chi connectivity index (χ2n) is 7.81. The van der Waals surface area contributed by atoms with Gasteiger partial charge in [0.15, 0.2) is 17.6 Å². The molecule has 1 atom stereocenters. The van der Waals surface area contributed by atoms with Crippen molar-refractivity contribution in [1.29, 1.82) is 0 Å². The molecule has 2 heterocycles. The number of halogens is 2. The van der Waals surface area contributed by atoms with E-state index in [4.69, 9.17) is 0 Å². The summed E-state index contributed by atoms with van der Waals surface area (Å²) >= 11 is 0. The number of hydrogen-bond donors (Lipinski definition) is 2. The van der Waals surface area contributed by atoms with Crippen molar-refractivity contribution in [3.63, 3.8) is 0 Å². The molecule has 2 aliphatic rings. The van der Waals surface area contributed by atoms with Crippen molar-refractivity contribution in [1.82, 2.24) is 15.6 Å². The third-order valence-corrected chi connectivity index (χ3v) is 6.08. The van der Waals surface area contributed by atoms with Gasteiger partial charge in [0, 0.05) is 44.3 Å². The van der Waals surface area contributed by atoms with Crippen LogP contribution >= 0.6 is 24.0 Å². The van der Waals surface area contributed by atoms with E-state index in [0.717, 1.165) is 32.0 Å². The highest BCUT2D eigenvalue weighted by molar-refractivity contribution is 14.0. The number of pyridine rings is 1. The van der Waals surface area contributed by atoms with Gasteiger partial charge < -0.3 is 15.5 Å². The summed E-state index contributed by atoms with van der Waals surface area (Å²) < 4.78 is 14.0. The van der Waals surface area contributed by atoms with Gasteiger partial charge in [-0.25, -0.2) is 9.37 Å². The van der Waals surface area contributed by atoms with E-state index < -0.39 is 0 Å². The molecule has 5 nitrogen and oxygen atoms in total. The summed E-state index contributed by atoms with van der Waals surface area (Å²) in [6.07, 6.45) is 6.26. The molecule has 2 fully saturated rings. The van der Waals surface area contributed by atoms with E-state index in [1.54, 1.807) is 19.3 Å². The Hall–Kier alpha value is -1.90. The molecular weight excluding hydrogens is 480 g/mol. The molecule has 0 amide bonds. The van der Waals surface area contributed by atoms with Crippen LogP contribution in [0.1, 0.15) is 31.2 Å². The van der Waals surface area contributed by atoms with E-state index in [1.807, 2.05) is 4.90 Å². The Morgan fingerprint density at radius 3 is 2.69 bits per heavy atom. The first-order chi connectivity index (χ1) is 13.7. The number of aromatic nitrogens is 1. The minimum Gasteiger partial charge on any atom is -0.356 e. The predicted molar refractivity (Wildman–Crippen MR) is 127 cm³/mol. The Bertz CT molecular complexity index is 825. The molecule has 29 heavy (non-hydrogen) atoms. The minimum atomic E-state index is -0.263. The van der Waals surface area contributed by atoms with E-state index in [1.165, 1.54) is 30.9 Å². The van der Waals surface area contributed by atoms with Crippen LogP contribution in [0.15, 0.2) is 53.7 Å². The first-order valence-corrected chi connectivity index (χ1v) is 10.1. The van der Waals surface area contributed by atoms with Crippen molar-refractivity contribution in [3.05, 3.63) is 60.0 Å². The van der Waals surface area contributed by atoms with Crippen LogP contribution in [0.5, 0.6) is 0 Å². The first-order valence-electron chi connectivity index (χ1n) is 10.1. The third kappa shape index (κ3) is 4.82. The highest BCUT2D eigenvalue weighted by atomic mass is 127. The number of rotatable bonds is 5. The molecule has 0 radical (unpaired) electrons. The van der Waals surface area contributed by atoms with Crippen molar-refractivity contribution >= 4 is 35.8 Å². The summed E-state index contributed by atoms with van der Waals surface area (Å²) in [5, 5.41) is 7.04. The van der Waals surface area contributed by atoms with E-state index in [-0.39, 0.29) is 41.3 Å². The summed E-state index contributed by atoms with van der Waals surface area (Å²) in [5.41, 5.74) is 1.61. The molecule has 2 aromatic rings. The quantitative estimate of drug-likeness (QED) is 0.367. The maximum atomic E-state index is 14.0. The van der Waals surface area contributed by atoms with Crippen molar-refractivity contribution < 1.29 is 4.39 Å². The largest absolute Gasteiger partial charge is 0.356 e. The van der Waals surface area contributed by atoms with Crippen LogP contribution in [0.25, 0.3) is 0 Å². The summed E-state index contributed by atoms with van der Waals surface area (Å²) in [6.45, 7) is 2.39. The molecular formula is C22H29FIN5. The van der Waals surface area contributed by atoms with Crippen molar-refractivity contribution in [2.24, 2.45) is 4.99 Å². The molecule has 1 aliphatic carbocycles. The van der Waals surface area contributed by atoms with Gasteiger partial charge in [0.1, 0.15) is 0 Å². The molecule has 1 unspecified atom stereocenters. The normalized spacial score (nSPS) is 20.6. The molecule has 1 aromatic heterocycles. The number of guanidine groups is 1. The minimum absolute atomic E-state index is 0. The number of nitrogens with zero attached hydrogens (tertiary/aromatic N) is 3. The molecule has 156 valence electrons. The SMILES string of the molecule is CN=C(NCC1(c2ccccc2)CCC1)NC1CCN(c2ncccc2F)C1.I. The zero-order chi connectivity index (χ0) is 19.4. The van der Waals surface area contributed by atoms with Crippen molar-refractivity contribution in [2.75, 3.05) is 31.6 Å². The van der Waals surface area contributed by atoms with Crippen molar-refractivity contribution in [3.8, 4) is 0 Å². The van der Waals surface area contributed by atoms with Crippen LogP contribution in [-0.2, 0) is 5.41 Å². The Balaban J connectivity index is 0.00000240. The molecule has 1 saturated heterocycles. The summed E-state index contributed by atoms with van der Waals surface area (Å²) in [6, 6.07) is 14.1. The second-order valence-corrected chi connectivity index (χ2v) is 7.81. The van der Waals surface area contributed by atoms with Gasteiger partial charge in [-0.1, -0.05) is 36.8 Å². The zero-order valence-corrected chi connectivity index (χ0v) is 19.1. The van der Waals surface area contributed by atoms with Crippen LogP contribution in [0, 0.1) is 5.82 Å². The summed E-state index contributed by atoms with van der Waals surface area (Å²) in [4.78, 5) is 10.6. The first kappa shape index (κ1) is 21.8. The van der Waals surface area contributed by atoms with Crippen LogP contribution < -0.4 is 15.5 Å². The van der Waals surface area contributed by atoms with Gasteiger partial charge in [-0.2, -0.15) is 0 Å². The third-order valence-electron chi connectivity index (χ3n) is 6.08. The molecule has 1 saturated carbocycles. The van der Waals surface area contributed by atoms with E-state index in [9.17, 15) is 4.39 Å². The van der Waals surface area contributed by atoms with Crippen LogP contribution in [-0.4, -0.2) is 43.7 Å². The van der Waals surface area contributed by atoms with Gasteiger partial charge in [-0.3, -0.25) is 4.99 Å². The maximum absolute atomic E-state index is 14.0. The molecule has 1 aliphatic heterocycles. The fraction of sp³-hybridized carbons (Fsp3) is 0.455. The molecule has 0 spiro atoms. The topological polar surface area (TPSA) is 52.6 Å². The van der Waals surface area contributed by atoms with Crippen LogP contribution in [0.3, 0.4) is 0 Å². The molecule has 1 aromatic carbocycles. The predicted octanol–water partition coefficient (Wildman–Crippen LogP) is 3.70. The highest BCUT2D eigenvalue weighted by Gasteiger charge is 2.38. The van der Waals surface area contributed by atoms with Crippen LogP contribution in [0.4, 0.5) is 10.2 Å². The smallest absolute Gasteiger partial charge is 0.191 e. The Labute approximate surface area is 189 Å². The highest BCUT2D eigenvalue weighted by Crippen LogP contribution is 2.43. The number of aliphatic imine (C=N–C) groups is 1. The molecule has 2 N–H and O–H groups in total. The maximum Gasteiger partial charge on any atom is 0.191 e. The lowest BCUT2D eigenvalue weighted by Gasteiger charge is -2.43. The Morgan fingerprint density at radius 1 is 1.24 bits per heavy atom. The zero-order valence-electron chi connectivity index (χ0n) is 16.8. The molecule has 4 rings (SSSR count). The number of hydrogen-bond acceptors (Lipinski definition) is 3. The molecule has 0 bridgehead atoms. The van der Waals surface area contributed by atoms with Gasteiger partial charge in [0.25, 0.3) is 0 Å². The monoisotopic (exact) mass is 509 g/mol. The van der Waals surface area contributed by atoms with E-state index in [0.29, 0.717) is 5.82 Å². The van der Waals surface area contributed by atoms with E-state index in [2.05, 4.69) is 50.9 Å². The average Bonchev–Trinajstić information content (AvgIpc) is 3.15.